The largest absolute Gasteiger partial charge is 0.387 e. The molecule has 0 saturated carbocycles. The molecule has 2 aromatic rings. The predicted molar refractivity (Wildman–Crippen MR) is 73.2 cm³/mol. The van der Waals surface area contributed by atoms with Gasteiger partial charge in [-0.3, -0.25) is 10.1 Å². The molecule has 2 heterocycles. The molecule has 2 aromatic heterocycles. The maximum Gasteiger partial charge on any atom is 0.276 e. The van der Waals surface area contributed by atoms with Gasteiger partial charge in [-0.15, -0.1) is 0 Å². The highest BCUT2D eigenvalue weighted by atomic mass is 16.2. The summed E-state index contributed by atoms with van der Waals surface area (Å²) in [5.74, 6) is -0.0327. The lowest BCUT2D eigenvalue weighted by Crippen LogP contribution is -2.16. The summed E-state index contributed by atoms with van der Waals surface area (Å²) in [5.41, 5.74) is 2.78. The topological polar surface area (TPSA) is 79.8 Å². The van der Waals surface area contributed by atoms with E-state index in [0.717, 1.165) is 17.1 Å². The van der Waals surface area contributed by atoms with Gasteiger partial charge in [0.15, 0.2) is 0 Å². The van der Waals surface area contributed by atoms with E-state index in [2.05, 4.69) is 25.6 Å². The zero-order valence-corrected chi connectivity index (χ0v) is 11.1. The normalized spacial score (nSPS) is 10.1. The van der Waals surface area contributed by atoms with Gasteiger partial charge in [0.2, 0.25) is 5.95 Å². The maximum absolute atomic E-state index is 12.0. The van der Waals surface area contributed by atoms with Crippen LogP contribution >= 0.6 is 0 Å². The van der Waals surface area contributed by atoms with Crippen LogP contribution < -0.4 is 10.6 Å². The Hall–Kier alpha value is -2.50. The first-order chi connectivity index (χ1) is 9.08. The maximum atomic E-state index is 12.0. The Balaban J connectivity index is 2.15. The number of carbonyl (C=O) groups excluding carboxylic acids is 1. The van der Waals surface area contributed by atoms with Crippen molar-refractivity contribution >= 4 is 17.5 Å². The van der Waals surface area contributed by atoms with Crippen molar-refractivity contribution in [1.82, 2.24) is 15.0 Å². The zero-order chi connectivity index (χ0) is 13.8. The highest BCUT2D eigenvalue weighted by Crippen LogP contribution is 2.08. The fourth-order valence-electron chi connectivity index (χ4n) is 1.62. The van der Waals surface area contributed by atoms with Gasteiger partial charge >= 0.3 is 0 Å². The van der Waals surface area contributed by atoms with Gasteiger partial charge in [0.05, 0.1) is 11.9 Å². The van der Waals surface area contributed by atoms with E-state index in [0.29, 0.717) is 11.6 Å². The molecule has 0 aliphatic carbocycles. The quantitative estimate of drug-likeness (QED) is 0.876. The van der Waals surface area contributed by atoms with Crippen LogP contribution in [0.25, 0.3) is 0 Å². The fourth-order valence-corrected chi connectivity index (χ4v) is 1.62. The van der Waals surface area contributed by atoms with E-state index < -0.39 is 0 Å². The van der Waals surface area contributed by atoms with E-state index in [1.54, 1.807) is 25.4 Å². The Morgan fingerprint density at radius 3 is 2.37 bits per heavy atom. The van der Waals surface area contributed by atoms with Crippen LogP contribution in [0.3, 0.4) is 0 Å². The van der Waals surface area contributed by atoms with Crippen LogP contribution in [-0.4, -0.2) is 27.9 Å². The Morgan fingerprint density at radius 1 is 1.16 bits per heavy atom. The highest BCUT2D eigenvalue weighted by Gasteiger charge is 2.09. The number of nitrogens with zero attached hydrogens (tertiary/aromatic N) is 3. The number of rotatable bonds is 3. The molecular formula is C13H15N5O. The predicted octanol–water partition coefficient (Wildman–Crippen LogP) is 1.78. The molecule has 98 valence electrons. The van der Waals surface area contributed by atoms with Gasteiger partial charge in [-0.1, -0.05) is 0 Å². The highest BCUT2D eigenvalue weighted by molar-refractivity contribution is 6.01. The second kappa shape index (κ2) is 5.43. The third-order valence-electron chi connectivity index (χ3n) is 2.49. The van der Waals surface area contributed by atoms with Crippen LogP contribution in [0.4, 0.5) is 11.6 Å². The van der Waals surface area contributed by atoms with E-state index in [-0.39, 0.29) is 5.91 Å². The van der Waals surface area contributed by atoms with Crippen LogP contribution in [0.2, 0.25) is 0 Å². The summed E-state index contributed by atoms with van der Waals surface area (Å²) in [4.78, 5) is 24.3. The third-order valence-corrected chi connectivity index (χ3v) is 2.49. The summed E-state index contributed by atoms with van der Waals surface area (Å²) in [5, 5.41) is 5.57. The van der Waals surface area contributed by atoms with E-state index in [1.165, 1.54) is 0 Å². The van der Waals surface area contributed by atoms with Gasteiger partial charge in [0, 0.05) is 18.4 Å². The van der Waals surface area contributed by atoms with E-state index in [1.807, 2.05) is 19.9 Å². The standard InChI is InChI=1S/C13H15N5O/c1-8-6-9(2)17-13(16-8)18-12(19)11-5-4-10(14-3)7-15-11/h4-7,14H,1-3H3,(H,16,17,18,19). The van der Waals surface area contributed by atoms with Crippen molar-refractivity contribution in [2.24, 2.45) is 0 Å². The Labute approximate surface area is 111 Å². The molecule has 0 aliphatic rings. The van der Waals surface area contributed by atoms with E-state index >= 15 is 0 Å². The van der Waals surface area contributed by atoms with Crippen molar-refractivity contribution in [1.29, 1.82) is 0 Å². The van der Waals surface area contributed by atoms with Crippen molar-refractivity contribution in [3.05, 3.63) is 41.5 Å². The fraction of sp³-hybridized carbons (Fsp3) is 0.231. The first-order valence-electron chi connectivity index (χ1n) is 5.86. The number of aryl methyl sites for hydroxylation is 2. The smallest absolute Gasteiger partial charge is 0.276 e. The lowest BCUT2D eigenvalue weighted by Gasteiger charge is -2.05. The zero-order valence-electron chi connectivity index (χ0n) is 11.1. The molecule has 0 bridgehead atoms. The molecule has 6 nitrogen and oxygen atoms in total. The molecule has 2 rings (SSSR count). The number of pyridine rings is 1. The number of nitrogens with one attached hydrogen (secondary N) is 2. The summed E-state index contributed by atoms with van der Waals surface area (Å²) < 4.78 is 0. The van der Waals surface area contributed by atoms with Crippen molar-refractivity contribution < 1.29 is 4.79 Å². The summed E-state index contributed by atoms with van der Waals surface area (Å²) >= 11 is 0. The number of hydrogen-bond donors (Lipinski definition) is 2. The van der Waals surface area contributed by atoms with Crippen LogP contribution in [-0.2, 0) is 0 Å². The summed E-state index contributed by atoms with van der Waals surface area (Å²) in [7, 11) is 1.79. The molecule has 0 radical (unpaired) electrons. The van der Waals surface area contributed by atoms with Crippen LogP contribution in [0, 0.1) is 13.8 Å². The Kier molecular flexibility index (Phi) is 3.70. The molecule has 0 fully saturated rings. The Morgan fingerprint density at radius 2 is 1.84 bits per heavy atom. The van der Waals surface area contributed by atoms with Crippen molar-refractivity contribution in [3.63, 3.8) is 0 Å². The molecule has 0 atom stereocenters. The number of hydrogen-bond acceptors (Lipinski definition) is 5. The average molecular weight is 257 g/mol. The molecular weight excluding hydrogens is 242 g/mol. The number of amides is 1. The Bertz CT molecular complexity index is 574. The summed E-state index contributed by atoms with van der Waals surface area (Å²) in [6.45, 7) is 3.70. The monoisotopic (exact) mass is 257 g/mol. The minimum Gasteiger partial charge on any atom is -0.387 e. The molecule has 0 saturated heterocycles. The first kappa shape index (κ1) is 12.9. The number of aromatic nitrogens is 3. The molecule has 0 spiro atoms. The third kappa shape index (κ3) is 3.25. The molecule has 1 amide bonds. The van der Waals surface area contributed by atoms with Gasteiger partial charge in [0.25, 0.3) is 5.91 Å². The lowest BCUT2D eigenvalue weighted by molar-refractivity contribution is 0.102. The minimum absolute atomic E-state index is 0.294. The number of anilines is 2. The van der Waals surface area contributed by atoms with E-state index in [4.69, 9.17) is 0 Å². The number of carbonyl (C=O) groups is 1. The second-order valence-corrected chi connectivity index (χ2v) is 4.11. The molecule has 19 heavy (non-hydrogen) atoms. The van der Waals surface area contributed by atoms with E-state index in [9.17, 15) is 4.79 Å². The van der Waals surface area contributed by atoms with Crippen molar-refractivity contribution in [2.45, 2.75) is 13.8 Å². The molecule has 0 aliphatic heterocycles. The molecule has 6 heteroatoms. The van der Waals surface area contributed by atoms with Crippen LogP contribution in [0.1, 0.15) is 21.9 Å². The minimum atomic E-state index is -0.326. The van der Waals surface area contributed by atoms with Crippen molar-refractivity contribution in [2.75, 3.05) is 17.7 Å². The summed E-state index contributed by atoms with van der Waals surface area (Å²) in [6.07, 6.45) is 1.59. The molecule has 0 aromatic carbocycles. The van der Waals surface area contributed by atoms with Crippen LogP contribution in [0.15, 0.2) is 24.4 Å². The summed E-state index contributed by atoms with van der Waals surface area (Å²) in [6, 6.07) is 5.27. The van der Waals surface area contributed by atoms with Gasteiger partial charge in [-0.05, 0) is 32.0 Å². The van der Waals surface area contributed by atoms with Crippen molar-refractivity contribution in [3.8, 4) is 0 Å². The van der Waals surface area contributed by atoms with Gasteiger partial charge in [-0.2, -0.15) is 0 Å². The lowest BCUT2D eigenvalue weighted by atomic mass is 10.3. The van der Waals surface area contributed by atoms with Gasteiger partial charge < -0.3 is 5.32 Å². The molecule has 0 unspecified atom stereocenters. The van der Waals surface area contributed by atoms with Gasteiger partial charge in [0.1, 0.15) is 5.69 Å². The molecule has 2 N–H and O–H groups in total. The average Bonchev–Trinajstić information content (AvgIpc) is 2.37. The second-order valence-electron chi connectivity index (χ2n) is 4.11. The van der Waals surface area contributed by atoms with Crippen LogP contribution in [0.5, 0.6) is 0 Å². The SMILES string of the molecule is CNc1ccc(C(=O)Nc2nc(C)cc(C)n2)nc1. The first-order valence-corrected chi connectivity index (χ1v) is 5.86. The van der Waals surface area contributed by atoms with Gasteiger partial charge in [-0.25, -0.2) is 15.0 Å².